The molecular formula is C20H18BrNO5. The van der Waals surface area contributed by atoms with Gasteiger partial charge in [-0.25, -0.2) is 0 Å². The number of Topliss-reactive ketones (excluding diaryl/α,β-unsaturated/α-hetero) is 1. The van der Waals surface area contributed by atoms with Gasteiger partial charge >= 0.3 is 0 Å². The van der Waals surface area contributed by atoms with Crippen molar-refractivity contribution in [2.75, 3.05) is 20.3 Å². The molecule has 0 radical (unpaired) electrons. The zero-order chi connectivity index (χ0) is 19.6. The summed E-state index contributed by atoms with van der Waals surface area (Å²) in [6.45, 7) is -0.298. The van der Waals surface area contributed by atoms with Gasteiger partial charge in [0.25, 0.3) is 11.7 Å². The Morgan fingerprint density at radius 1 is 1.11 bits per heavy atom. The van der Waals surface area contributed by atoms with Crippen molar-refractivity contribution >= 4 is 33.4 Å². The Labute approximate surface area is 164 Å². The monoisotopic (exact) mass is 431 g/mol. The highest BCUT2D eigenvalue weighted by atomic mass is 79.9. The topological polar surface area (TPSA) is 87.1 Å². The molecule has 2 aromatic rings. The van der Waals surface area contributed by atoms with E-state index in [2.05, 4.69) is 15.9 Å². The van der Waals surface area contributed by atoms with Crippen LogP contribution in [0.2, 0.25) is 0 Å². The molecule has 7 heteroatoms. The van der Waals surface area contributed by atoms with Crippen molar-refractivity contribution < 1.29 is 24.5 Å². The molecule has 2 N–H and O–H groups in total. The fourth-order valence-electron chi connectivity index (χ4n) is 3.11. The van der Waals surface area contributed by atoms with Crippen LogP contribution in [-0.4, -0.2) is 47.1 Å². The third kappa shape index (κ3) is 3.61. The molecule has 1 aliphatic heterocycles. The quantitative estimate of drug-likeness (QED) is 0.431. The van der Waals surface area contributed by atoms with Crippen LogP contribution in [0.1, 0.15) is 17.2 Å². The fourth-order valence-corrected chi connectivity index (χ4v) is 3.38. The molecule has 3 rings (SSSR count). The van der Waals surface area contributed by atoms with Gasteiger partial charge in [-0.3, -0.25) is 9.59 Å². The summed E-state index contributed by atoms with van der Waals surface area (Å²) < 4.78 is 5.95. The van der Waals surface area contributed by atoms with E-state index in [1.807, 2.05) is 0 Å². The van der Waals surface area contributed by atoms with E-state index in [-0.39, 0.29) is 24.5 Å². The van der Waals surface area contributed by atoms with Crippen LogP contribution in [0.15, 0.2) is 58.6 Å². The highest BCUT2D eigenvalue weighted by Gasteiger charge is 2.45. The van der Waals surface area contributed by atoms with E-state index in [1.165, 1.54) is 12.0 Å². The van der Waals surface area contributed by atoms with Gasteiger partial charge in [-0.1, -0.05) is 28.1 Å². The van der Waals surface area contributed by atoms with E-state index in [0.717, 1.165) is 4.47 Å². The van der Waals surface area contributed by atoms with Crippen LogP contribution in [0.4, 0.5) is 0 Å². The predicted molar refractivity (Wildman–Crippen MR) is 103 cm³/mol. The molecule has 0 bridgehead atoms. The highest BCUT2D eigenvalue weighted by Crippen LogP contribution is 2.39. The van der Waals surface area contributed by atoms with Gasteiger partial charge in [-0.2, -0.15) is 0 Å². The van der Waals surface area contributed by atoms with Crippen LogP contribution >= 0.6 is 15.9 Å². The first-order chi connectivity index (χ1) is 13.0. The van der Waals surface area contributed by atoms with Gasteiger partial charge in [-0.15, -0.1) is 0 Å². The number of hydrogen-bond donors (Lipinski definition) is 2. The molecule has 6 nitrogen and oxygen atoms in total. The lowest BCUT2D eigenvalue weighted by Crippen LogP contribution is -2.32. The van der Waals surface area contributed by atoms with Crippen molar-refractivity contribution in [1.82, 2.24) is 4.90 Å². The Morgan fingerprint density at radius 2 is 1.74 bits per heavy atom. The number of aliphatic hydroxyl groups is 2. The van der Waals surface area contributed by atoms with E-state index in [9.17, 15) is 19.8 Å². The molecule has 0 aromatic heterocycles. The number of carbonyl (C=O) groups excluding carboxylic acids is 2. The smallest absolute Gasteiger partial charge is 0.295 e. The number of amides is 1. The maximum Gasteiger partial charge on any atom is 0.295 e. The summed E-state index contributed by atoms with van der Waals surface area (Å²) in [5.41, 5.74) is 1.07. The number of halogens is 1. The van der Waals surface area contributed by atoms with Crippen LogP contribution in [0.25, 0.3) is 5.76 Å². The minimum absolute atomic E-state index is 0.000870. The second kappa shape index (κ2) is 7.94. The van der Waals surface area contributed by atoms with Crippen molar-refractivity contribution in [3.05, 3.63) is 69.7 Å². The molecule has 140 valence electrons. The summed E-state index contributed by atoms with van der Waals surface area (Å²) in [4.78, 5) is 26.4. The van der Waals surface area contributed by atoms with E-state index in [0.29, 0.717) is 16.9 Å². The average Bonchev–Trinajstić information content (AvgIpc) is 2.93. The van der Waals surface area contributed by atoms with Crippen LogP contribution < -0.4 is 4.74 Å². The molecule has 1 atom stereocenters. The molecule has 1 heterocycles. The number of hydrogen-bond acceptors (Lipinski definition) is 5. The Bertz CT molecular complexity index is 890. The Hall–Kier alpha value is -2.64. The maximum absolute atomic E-state index is 12.7. The van der Waals surface area contributed by atoms with Crippen molar-refractivity contribution in [2.45, 2.75) is 6.04 Å². The van der Waals surface area contributed by atoms with Gasteiger partial charge in [-0.05, 0) is 42.0 Å². The molecule has 1 fully saturated rings. The summed E-state index contributed by atoms with van der Waals surface area (Å²) in [6, 6.07) is 12.9. The van der Waals surface area contributed by atoms with E-state index in [1.54, 1.807) is 48.5 Å². The minimum Gasteiger partial charge on any atom is -0.507 e. The third-order valence-electron chi connectivity index (χ3n) is 4.43. The fraction of sp³-hybridized carbons (Fsp3) is 0.200. The van der Waals surface area contributed by atoms with Gasteiger partial charge in [0.15, 0.2) is 0 Å². The highest BCUT2D eigenvalue weighted by molar-refractivity contribution is 9.10. The maximum atomic E-state index is 12.7. The van der Waals surface area contributed by atoms with Crippen molar-refractivity contribution in [3.8, 4) is 5.75 Å². The minimum atomic E-state index is -0.773. The number of benzene rings is 2. The molecule has 0 spiro atoms. The molecular weight excluding hydrogens is 414 g/mol. The first kappa shape index (κ1) is 19.1. The van der Waals surface area contributed by atoms with Gasteiger partial charge in [0.1, 0.15) is 11.5 Å². The van der Waals surface area contributed by atoms with Crippen molar-refractivity contribution in [3.63, 3.8) is 0 Å². The normalized spacial score (nSPS) is 18.8. The predicted octanol–water partition coefficient (Wildman–Crippen LogP) is 2.87. The second-order valence-corrected chi connectivity index (χ2v) is 6.91. The molecule has 0 saturated carbocycles. The number of ether oxygens (including phenoxy) is 1. The zero-order valence-corrected chi connectivity index (χ0v) is 16.1. The molecule has 2 aromatic carbocycles. The first-order valence-corrected chi connectivity index (χ1v) is 9.06. The van der Waals surface area contributed by atoms with Crippen LogP contribution in [0, 0.1) is 0 Å². The molecule has 1 saturated heterocycles. The van der Waals surface area contributed by atoms with Gasteiger partial charge in [0.05, 0.1) is 25.3 Å². The number of ketones is 1. The summed E-state index contributed by atoms with van der Waals surface area (Å²) in [5.74, 6) is -1.17. The lowest BCUT2D eigenvalue weighted by atomic mass is 9.95. The Balaban J connectivity index is 2.14. The molecule has 1 aliphatic rings. The van der Waals surface area contributed by atoms with Crippen LogP contribution in [0.3, 0.4) is 0 Å². The summed E-state index contributed by atoms with van der Waals surface area (Å²) in [7, 11) is 1.53. The standard InChI is InChI=1S/C20H18BrNO5/c1-27-15-8-4-13(5-9-15)18(24)16-17(12-2-6-14(21)7-3-12)22(10-11-23)20(26)19(16)25/h2-9,17,23-24H,10-11H2,1H3/b18-16-. The van der Waals surface area contributed by atoms with Crippen LogP contribution in [0.5, 0.6) is 5.75 Å². The zero-order valence-electron chi connectivity index (χ0n) is 14.6. The van der Waals surface area contributed by atoms with E-state index in [4.69, 9.17) is 4.74 Å². The van der Waals surface area contributed by atoms with Gasteiger partial charge < -0.3 is 19.8 Å². The second-order valence-electron chi connectivity index (χ2n) is 6.00. The number of β-amino-alcohol motifs (C(OH)–C–C–N with tert-alkyl or cyclic N) is 1. The molecule has 1 unspecified atom stereocenters. The lowest BCUT2D eigenvalue weighted by molar-refractivity contribution is -0.140. The summed E-state index contributed by atoms with van der Waals surface area (Å²) >= 11 is 3.36. The number of rotatable bonds is 5. The summed E-state index contributed by atoms with van der Waals surface area (Å²) in [6.07, 6.45) is 0. The number of likely N-dealkylation sites (tertiary alicyclic amines) is 1. The van der Waals surface area contributed by atoms with Crippen molar-refractivity contribution in [2.24, 2.45) is 0 Å². The number of carbonyl (C=O) groups is 2. The first-order valence-electron chi connectivity index (χ1n) is 8.27. The average molecular weight is 432 g/mol. The molecule has 1 amide bonds. The largest absolute Gasteiger partial charge is 0.507 e. The van der Waals surface area contributed by atoms with Gasteiger partial charge in [0, 0.05) is 16.6 Å². The number of aliphatic hydroxyl groups excluding tert-OH is 2. The van der Waals surface area contributed by atoms with Gasteiger partial charge in [0.2, 0.25) is 0 Å². The lowest BCUT2D eigenvalue weighted by Gasteiger charge is -2.24. The SMILES string of the molecule is COc1ccc(/C(O)=C2/C(=O)C(=O)N(CCO)C2c2ccc(Br)cc2)cc1. The van der Waals surface area contributed by atoms with Crippen LogP contribution in [-0.2, 0) is 9.59 Å². The van der Waals surface area contributed by atoms with Crippen molar-refractivity contribution in [1.29, 1.82) is 0 Å². The summed E-state index contributed by atoms with van der Waals surface area (Å²) in [5, 5.41) is 20.1. The number of methoxy groups -OCH3 is 1. The van der Waals surface area contributed by atoms with E-state index >= 15 is 0 Å². The Kier molecular flexibility index (Phi) is 5.62. The molecule has 0 aliphatic carbocycles. The van der Waals surface area contributed by atoms with E-state index < -0.39 is 17.7 Å². The number of nitrogens with zero attached hydrogens (tertiary/aromatic N) is 1. The third-order valence-corrected chi connectivity index (χ3v) is 4.96. The Morgan fingerprint density at radius 3 is 2.30 bits per heavy atom. The molecule has 27 heavy (non-hydrogen) atoms.